The van der Waals surface area contributed by atoms with Crippen molar-refractivity contribution >= 4 is 23.1 Å². The fourth-order valence-electron chi connectivity index (χ4n) is 2.14. The summed E-state index contributed by atoms with van der Waals surface area (Å²) in [6, 6.07) is 10.5. The number of rotatable bonds is 5. The number of anilines is 2. The van der Waals surface area contributed by atoms with Crippen molar-refractivity contribution in [3.8, 4) is 0 Å². The van der Waals surface area contributed by atoms with Gasteiger partial charge in [0.05, 0.1) is 5.02 Å². The summed E-state index contributed by atoms with van der Waals surface area (Å²) in [5.41, 5.74) is 3.46. The Kier molecular flexibility index (Phi) is 4.99. The fraction of sp³-hybridized carbons (Fsp3) is 0.312. The summed E-state index contributed by atoms with van der Waals surface area (Å²) >= 11 is 6.17. The highest BCUT2D eigenvalue weighted by atomic mass is 35.5. The van der Waals surface area contributed by atoms with Crippen LogP contribution in [0, 0.1) is 6.92 Å². The standard InChI is InChI=1S/C16H20ClN3/c1-4-20(14-7-5-12(2)6-8-14)16-9-13(10-18-3)15(17)11-19-16/h5-9,11,18H,4,10H2,1-3H3. The van der Waals surface area contributed by atoms with E-state index in [2.05, 4.69) is 53.3 Å². The van der Waals surface area contributed by atoms with Gasteiger partial charge in [0, 0.05) is 25.0 Å². The van der Waals surface area contributed by atoms with Crippen LogP contribution in [-0.4, -0.2) is 18.6 Å². The second-order valence-corrected chi connectivity index (χ2v) is 5.15. The molecule has 0 unspecified atom stereocenters. The molecule has 3 nitrogen and oxygen atoms in total. The molecule has 4 heteroatoms. The Morgan fingerprint density at radius 3 is 2.55 bits per heavy atom. The van der Waals surface area contributed by atoms with Gasteiger partial charge >= 0.3 is 0 Å². The van der Waals surface area contributed by atoms with Gasteiger partial charge in [-0.15, -0.1) is 0 Å². The summed E-state index contributed by atoms with van der Waals surface area (Å²) in [6.07, 6.45) is 1.72. The first kappa shape index (κ1) is 14.8. The van der Waals surface area contributed by atoms with Crippen LogP contribution < -0.4 is 10.2 Å². The van der Waals surface area contributed by atoms with Gasteiger partial charge in [-0.05, 0) is 44.7 Å². The molecule has 0 atom stereocenters. The molecule has 2 aromatic rings. The van der Waals surface area contributed by atoms with E-state index in [0.29, 0.717) is 5.02 Å². The van der Waals surface area contributed by atoms with Crippen LogP contribution in [-0.2, 0) is 6.54 Å². The lowest BCUT2D eigenvalue weighted by atomic mass is 10.2. The Balaban J connectivity index is 2.36. The van der Waals surface area contributed by atoms with E-state index in [1.54, 1.807) is 6.20 Å². The van der Waals surface area contributed by atoms with Crippen molar-refractivity contribution in [1.29, 1.82) is 0 Å². The minimum absolute atomic E-state index is 0.697. The SMILES string of the molecule is CCN(c1ccc(C)cc1)c1cc(CNC)c(Cl)cn1. The van der Waals surface area contributed by atoms with Gasteiger partial charge < -0.3 is 10.2 Å². The number of pyridine rings is 1. The largest absolute Gasteiger partial charge is 0.327 e. The summed E-state index contributed by atoms with van der Waals surface area (Å²) in [4.78, 5) is 6.63. The molecule has 0 radical (unpaired) electrons. The van der Waals surface area contributed by atoms with E-state index in [9.17, 15) is 0 Å². The van der Waals surface area contributed by atoms with Gasteiger partial charge in [-0.25, -0.2) is 4.98 Å². The summed E-state index contributed by atoms with van der Waals surface area (Å²) < 4.78 is 0. The third kappa shape index (κ3) is 3.30. The van der Waals surface area contributed by atoms with Crippen LogP contribution in [0.4, 0.5) is 11.5 Å². The van der Waals surface area contributed by atoms with Crippen LogP contribution >= 0.6 is 11.6 Å². The highest BCUT2D eigenvalue weighted by molar-refractivity contribution is 6.31. The van der Waals surface area contributed by atoms with E-state index < -0.39 is 0 Å². The van der Waals surface area contributed by atoms with Crippen LogP contribution in [0.5, 0.6) is 0 Å². The van der Waals surface area contributed by atoms with E-state index >= 15 is 0 Å². The first-order valence-corrected chi connectivity index (χ1v) is 7.16. The van der Waals surface area contributed by atoms with Crippen molar-refractivity contribution in [3.63, 3.8) is 0 Å². The molecule has 0 aliphatic heterocycles. The zero-order valence-corrected chi connectivity index (χ0v) is 12.9. The number of halogens is 1. The monoisotopic (exact) mass is 289 g/mol. The molecule has 1 aromatic carbocycles. The first-order chi connectivity index (χ1) is 9.65. The smallest absolute Gasteiger partial charge is 0.133 e. The number of aromatic nitrogens is 1. The second-order valence-electron chi connectivity index (χ2n) is 4.74. The van der Waals surface area contributed by atoms with E-state index in [0.717, 1.165) is 30.2 Å². The quantitative estimate of drug-likeness (QED) is 0.904. The maximum absolute atomic E-state index is 6.17. The zero-order valence-electron chi connectivity index (χ0n) is 12.2. The minimum Gasteiger partial charge on any atom is -0.327 e. The lowest BCUT2D eigenvalue weighted by Crippen LogP contribution is -2.18. The van der Waals surface area contributed by atoms with Crippen LogP contribution in [0.3, 0.4) is 0 Å². The molecule has 106 valence electrons. The predicted octanol–water partition coefficient (Wildman–Crippen LogP) is 3.92. The third-order valence-corrected chi connectivity index (χ3v) is 3.57. The molecule has 0 aliphatic rings. The van der Waals surface area contributed by atoms with Crippen LogP contribution in [0.2, 0.25) is 5.02 Å². The average molecular weight is 290 g/mol. The molecular formula is C16H20ClN3. The second kappa shape index (κ2) is 6.73. The molecule has 0 aliphatic carbocycles. The number of aryl methyl sites for hydroxylation is 1. The van der Waals surface area contributed by atoms with Gasteiger partial charge in [-0.2, -0.15) is 0 Å². The number of nitrogens with one attached hydrogen (secondary N) is 1. The summed E-state index contributed by atoms with van der Waals surface area (Å²) in [7, 11) is 1.91. The van der Waals surface area contributed by atoms with Crippen molar-refractivity contribution in [2.24, 2.45) is 0 Å². The van der Waals surface area contributed by atoms with Gasteiger partial charge in [-0.3, -0.25) is 0 Å². The maximum Gasteiger partial charge on any atom is 0.133 e. The van der Waals surface area contributed by atoms with Gasteiger partial charge in [-0.1, -0.05) is 29.3 Å². The van der Waals surface area contributed by atoms with Crippen molar-refractivity contribution in [1.82, 2.24) is 10.3 Å². The normalized spacial score (nSPS) is 10.6. The van der Waals surface area contributed by atoms with Crippen molar-refractivity contribution < 1.29 is 0 Å². The highest BCUT2D eigenvalue weighted by Gasteiger charge is 2.11. The van der Waals surface area contributed by atoms with Gasteiger partial charge in [0.15, 0.2) is 0 Å². The van der Waals surface area contributed by atoms with Gasteiger partial charge in [0.1, 0.15) is 5.82 Å². The molecule has 0 saturated carbocycles. The number of benzene rings is 1. The molecule has 0 amide bonds. The van der Waals surface area contributed by atoms with Crippen molar-refractivity contribution in [2.75, 3.05) is 18.5 Å². The molecule has 0 saturated heterocycles. The first-order valence-electron chi connectivity index (χ1n) is 6.79. The van der Waals surface area contributed by atoms with E-state index in [1.165, 1.54) is 5.56 Å². The molecule has 0 fully saturated rings. The van der Waals surface area contributed by atoms with E-state index in [-0.39, 0.29) is 0 Å². The Bertz CT molecular complexity index is 566. The fourth-order valence-corrected chi connectivity index (χ4v) is 2.31. The highest BCUT2D eigenvalue weighted by Crippen LogP contribution is 2.26. The average Bonchev–Trinajstić information content (AvgIpc) is 2.45. The van der Waals surface area contributed by atoms with Gasteiger partial charge in [0.2, 0.25) is 0 Å². The molecule has 2 rings (SSSR count). The maximum atomic E-state index is 6.17. The summed E-state index contributed by atoms with van der Waals surface area (Å²) in [5.74, 6) is 0.922. The van der Waals surface area contributed by atoms with Crippen molar-refractivity contribution in [2.45, 2.75) is 20.4 Å². The van der Waals surface area contributed by atoms with Crippen LogP contribution in [0.25, 0.3) is 0 Å². The predicted molar refractivity (Wildman–Crippen MR) is 85.9 cm³/mol. The third-order valence-electron chi connectivity index (χ3n) is 3.23. The Morgan fingerprint density at radius 2 is 1.95 bits per heavy atom. The van der Waals surface area contributed by atoms with Crippen LogP contribution in [0.1, 0.15) is 18.1 Å². The lowest BCUT2D eigenvalue weighted by Gasteiger charge is -2.23. The molecule has 1 heterocycles. The number of nitrogens with zero attached hydrogens (tertiary/aromatic N) is 2. The minimum atomic E-state index is 0.697. The summed E-state index contributed by atoms with van der Waals surface area (Å²) in [5, 5.41) is 3.82. The topological polar surface area (TPSA) is 28.2 Å². The van der Waals surface area contributed by atoms with Crippen LogP contribution in [0.15, 0.2) is 36.5 Å². The molecule has 0 bridgehead atoms. The lowest BCUT2D eigenvalue weighted by molar-refractivity contribution is 0.814. The Labute approximate surface area is 125 Å². The van der Waals surface area contributed by atoms with E-state index in [1.807, 2.05) is 13.1 Å². The molecular weight excluding hydrogens is 270 g/mol. The zero-order chi connectivity index (χ0) is 14.5. The molecule has 1 N–H and O–H groups in total. The summed E-state index contributed by atoms with van der Waals surface area (Å²) in [6.45, 7) is 5.80. The molecule has 0 spiro atoms. The number of hydrogen-bond acceptors (Lipinski definition) is 3. The molecule has 20 heavy (non-hydrogen) atoms. The Morgan fingerprint density at radius 1 is 1.25 bits per heavy atom. The number of hydrogen-bond donors (Lipinski definition) is 1. The van der Waals surface area contributed by atoms with Gasteiger partial charge in [0.25, 0.3) is 0 Å². The molecule has 1 aromatic heterocycles. The van der Waals surface area contributed by atoms with E-state index in [4.69, 9.17) is 11.6 Å². The Hall–Kier alpha value is -1.58. The van der Waals surface area contributed by atoms with Crippen molar-refractivity contribution in [3.05, 3.63) is 52.7 Å².